The Hall–Kier alpha value is -4.11. The van der Waals surface area contributed by atoms with E-state index in [0.29, 0.717) is 61.0 Å². The van der Waals surface area contributed by atoms with Gasteiger partial charge in [0.25, 0.3) is 0 Å². The van der Waals surface area contributed by atoms with Crippen LogP contribution in [0.3, 0.4) is 0 Å². The van der Waals surface area contributed by atoms with Crippen LogP contribution in [-0.4, -0.2) is 40.2 Å². The summed E-state index contributed by atoms with van der Waals surface area (Å²) in [6.07, 6.45) is 3.37. The Morgan fingerprint density at radius 3 is 2.80 bits per heavy atom. The van der Waals surface area contributed by atoms with Crippen molar-refractivity contribution in [3.05, 3.63) is 77.2 Å². The van der Waals surface area contributed by atoms with Gasteiger partial charge >= 0.3 is 5.97 Å². The minimum Gasteiger partial charge on any atom is -0.492 e. The van der Waals surface area contributed by atoms with Crippen molar-refractivity contribution in [3.63, 3.8) is 0 Å². The van der Waals surface area contributed by atoms with Gasteiger partial charge in [0.1, 0.15) is 34.9 Å². The van der Waals surface area contributed by atoms with Gasteiger partial charge in [0.05, 0.1) is 37.5 Å². The fraction of sp³-hybridized carbons (Fsp3) is 0.375. The molecular formula is C32H33FN2O6. The monoisotopic (exact) mass is 560 g/mol. The normalized spacial score (nSPS) is 17.7. The van der Waals surface area contributed by atoms with Crippen molar-refractivity contribution in [2.45, 2.75) is 63.7 Å². The van der Waals surface area contributed by atoms with Gasteiger partial charge in [0.2, 0.25) is 0 Å². The number of fused-ring (bicyclic) bond motifs is 3. The number of ether oxygens (including phenoxy) is 4. The Bertz CT molecular complexity index is 1610. The summed E-state index contributed by atoms with van der Waals surface area (Å²) in [7, 11) is 1.38. The number of methoxy groups -OCH3 is 1. The van der Waals surface area contributed by atoms with Gasteiger partial charge in [-0.3, -0.25) is 9.48 Å². The average Bonchev–Trinajstić information content (AvgIpc) is 3.66. The maximum absolute atomic E-state index is 15.2. The molecule has 2 aliphatic rings. The second kappa shape index (κ2) is 10.7. The van der Waals surface area contributed by atoms with Crippen molar-refractivity contribution in [2.75, 3.05) is 13.7 Å². The highest BCUT2D eigenvalue weighted by Gasteiger charge is 2.32. The van der Waals surface area contributed by atoms with Crippen LogP contribution in [0.4, 0.5) is 4.39 Å². The zero-order valence-electron chi connectivity index (χ0n) is 23.4. The van der Waals surface area contributed by atoms with Gasteiger partial charge in [-0.15, -0.1) is 0 Å². The van der Waals surface area contributed by atoms with Gasteiger partial charge in [-0.05, 0) is 63.4 Å². The summed E-state index contributed by atoms with van der Waals surface area (Å²) in [5.74, 6) is 1.80. The lowest BCUT2D eigenvalue weighted by Crippen LogP contribution is -2.21. The minimum absolute atomic E-state index is 0.0600. The minimum atomic E-state index is -0.792. The predicted molar refractivity (Wildman–Crippen MR) is 150 cm³/mol. The number of aromatic nitrogens is 2. The Morgan fingerprint density at radius 1 is 1.17 bits per heavy atom. The Labute approximate surface area is 237 Å². The van der Waals surface area contributed by atoms with E-state index in [1.807, 2.05) is 35.0 Å². The fourth-order valence-corrected chi connectivity index (χ4v) is 5.60. The maximum Gasteiger partial charge on any atom is 0.306 e. The van der Waals surface area contributed by atoms with Crippen LogP contribution in [-0.2, 0) is 22.5 Å². The number of aliphatic hydroxyl groups is 1. The molecule has 6 rings (SSSR count). The van der Waals surface area contributed by atoms with Crippen LogP contribution >= 0.6 is 0 Å². The van der Waals surface area contributed by atoms with E-state index in [0.717, 1.165) is 22.0 Å². The molecule has 2 heterocycles. The van der Waals surface area contributed by atoms with Crippen molar-refractivity contribution >= 4 is 16.9 Å². The quantitative estimate of drug-likeness (QED) is 0.243. The van der Waals surface area contributed by atoms with E-state index in [-0.39, 0.29) is 24.1 Å². The first-order valence-corrected chi connectivity index (χ1v) is 13.9. The molecule has 1 aliphatic carbocycles. The number of hydrogen-bond acceptors (Lipinski definition) is 7. The third-order valence-electron chi connectivity index (χ3n) is 7.80. The first kappa shape index (κ1) is 27.1. The largest absolute Gasteiger partial charge is 0.492 e. The average molecular weight is 561 g/mol. The molecule has 9 heteroatoms. The number of nitrogens with zero attached hydrogens (tertiary/aromatic N) is 2. The molecule has 41 heavy (non-hydrogen) atoms. The Kier molecular flexibility index (Phi) is 7.07. The zero-order chi connectivity index (χ0) is 28.7. The highest BCUT2D eigenvalue weighted by Crippen LogP contribution is 2.44. The van der Waals surface area contributed by atoms with Crippen LogP contribution in [0.15, 0.2) is 54.7 Å². The summed E-state index contributed by atoms with van der Waals surface area (Å²) in [6, 6.07) is 14.4. The fourth-order valence-electron chi connectivity index (χ4n) is 5.60. The summed E-state index contributed by atoms with van der Waals surface area (Å²) in [6.45, 7) is 4.53. The Balaban J connectivity index is 1.20. The van der Waals surface area contributed by atoms with Crippen molar-refractivity contribution in [1.82, 2.24) is 9.78 Å². The van der Waals surface area contributed by atoms with Crippen LogP contribution in [0.2, 0.25) is 0 Å². The first-order valence-electron chi connectivity index (χ1n) is 13.9. The van der Waals surface area contributed by atoms with E-state index in [4.69, 9.17) is 18.9 Å². The molecule has 4 aromatic rings. The number of halogens is 1. The van der Waals surface area contributed by atoms with Gasteiger partial charge in [0, 0.05) is 46.7 Å². The van der Waals surface area contributed by atoms with E-state index >= 15 is 4.39 Å². The molecule has 0 spiro atoms. The Morgan fingerprint density at radius 2 is 2.00 bits per heavy atom. The lowest BCUT2D eigenvalue weighted by Gasteiger charge is -2.18. The maximum atomic E-state index is 15.2. The SMILES string of the molecule is COC(=O)CC1COc2cc(O[C@@H]3CCc4c(Oc5ccc6cnn(CCC(C)(C)O)c6c5)ccc(F)c43)ccc21. The molecule has 0 bridgehead atoms. The van der Waals surface area contributed by atoms with Gasteiger partial charge in [-0.25, -0.2) is 4.39 Å². The smallest absolute Gasteiger partial charge is 0.306 e. The highest BCUT2D eigenvalue weighted by atomic mass is 19.1. The van der Waals surface area contributed by atoms with Gasteiger partial charge in [0.15, 0.2) is 0 Å². The van der Waals surface area contributed by atoms with Gasteiger partial charge in [-0.2, -0.15) is 5.10 Å². The van der Waals surface area contributed by atoms with Crippen LogP contribution in [0, 0.1) is 5.82 Å². The van der Waals surface area contributed by atoms with E-state index in [9.17, 15) is 9.90 Å². The molecule has 0 fully saturated rings. The lowest BCUT2D eigenvalue weighted by molar-refractivity contribution is -0.141. The van der Waals surface area contributed by atoms with Crippen molar-refractivity contribution in [3.8, 4) is 23.0 Å². The highest BCUT2D eigenvalue weighted by molar-refractivity contribution is 5.80. The predicted octanol–water partition coefficient (Wildman–Crippen LogP) is 6.23. The van der Waals surface area contributed by atoms with Gasteiger partial charge < -0.3 is 24.1 Å². The standard InChI is InChI=1S/C32H33FN2O6/c1-32(2,37)12-13-35-26-15-21(5-4-19(26)17-34-35)40-27-11-9-25(33)31-24(27)8-10-28(31)41-22-6-7-23-20(14-30(36)38-3)18-39-29(23)16-22/h4-7,9,11,15-17,20,28,37H,8,10,12-14,18H2,1-3H3/t20?,28-/m1/s1. The van der Waals surface area contributed by atoms with Crippen LogP contribution in [0.25, 0.3) is 10.9 Å². The number of carbonyl (C=O) groups is 1. The summed E-state index contributed by atoms with van der Waals surface area (Å²) < 4.78 is 40.2. The lowest BCUT2D eigenvalue weighted by atomic mass is 9.98. The molecular weight excluding hydrogens is 527 g/mol. The summed E-state index contributed by atoms with van der Waals surface area (Å²) >= 11 is 0. The van der Waals surface area contributed by atoms with Crippen LogP contribution < -0.4 is 14.2 Å². The molecule has 1 aliphatic heterocycles. The number of carbonyl (C=O) groups excluding carboxylic acids is 1. The molecule has 0 amide bonds. The number of aryl methyl sites for hydroxylation is 1. The summed E-state index contributed by atoms with van der Waals surface area (Å²) in [4.78, 5) is 11.7. The topological polar surface area (TPSA) is 92.0 Å². The molecule has 214 valence electrons. The third kappa shape index (κ3) is 5.59. The molecule has 1 aromatic heterocycles. The van der Waals surface area contributed by atoms with E-state index in [1.165, 1.54) is 13.2 Å². The van der Waals surface area contributed by atoms with Crippen molar-refractivity contribution in [2.24, 2.45) is 0 Å². The molecule has 3 aromatic carbocycles. The number of hydrogen-bond donors (Lipinski definition) is 1. The molecule has 8 nitrogen and oxygen atoms in total. The molecule has 1 N–H and O–H groups in total. The summed E-state index contributed by atoms with van der Waals surface area (Å²) in [5.41, 5.74) is 2.35. The summed E-state index contributed by atoms with van der Waals surface area (Å²) in [5, 5.41) is 15.6. The van der Waals surface area contributed by atoms with Crippen molar-refractivity contribution in [1.29, 1.82) is 0 Å². The van der Waals surface area contributed by atoms with Gasteiger partial charge in [-0.1, -0.05) is 6.07 Å². The van der Waals surface area contributed by atoms with E-state index < -0.39 is 11.7 Å². The number of benzene rings is 3. The van der Waals surface area contributed by atoms with Crippen LogP contribution in [0.5, 0.6) is 23.0 Å². The van der Waals surface area contributed by atoms with Crippen molar-refractivity contribution < 1.29 is 33.2 Å². The third-order valence-corrected chi connectivity index (χ3v) is 7.80. The second-order valence-electron chi connectivity index (χ2n) is 11.3. The number of esters is 1. The first-order chi connectivity index (χ1) is 19.7. The molecule has 2 atom stereocenters. The molecule has 0 saturated carbocycles. The van der Waals surface area contributed by atoms with Crippen LogP contribution in [0.1, 0.15) is 61.8 Å². The number of rotatable bonds is 9. The molecule has 0 radical (unpaired) electrons. The molecule has 0 saturated heterocycles. The molecule has 1 unspecified atom stereocenters. The van der Waals surface area contributed by atoms with E-state index in [1.54, 1.807) is 32.2 Å². The second-order valence-corrected chi connectivity index (χ2v) is 11.3. The zero-order valence-corrected chi connectivity index (χ0v) is 23.4. The van der Waals surface area contributed by atoms with E-state index in [2.05, 4.69) is 5.10 Å².